The van der Waals surface area contributed by atoms with Crippen LogP contribution in [0.25, 0.3) is 21.9 Å². The molecule has 0 aliphatic heterocycles. The molecule has 1 atom stereocenters. The number of aromatic nitrogens is 3. The molecule has 0 aliphatic rings. The van der Waals surface area contributed by atoms with Crippen LogP contribution in [0.3, 0.4) is 0 Å². The number of benzene rings is 2. The lowest BCUT2D eigenvalue weighted by molar-refractivity contribution is -0.122. The standard InChI is InChI=1S/C25H30N4O2/c1-17(2)16-20(25-27-19-8-5-6-9-22(19)28(25)3)26-24(30)13-15-29-14-12-18-21(29)10-7-11-23(18)31-4/h5-12,14,17,20H,13,15-16H2,1-4H3,(H,26,30). The molecule has 1 amide bonds. The molecule has 2 aromatic heterocycles. The summed E-state index contributed by atoms with van der Waals surface area (Å²) >= 11 is 0. The number of methoxy groups -OCH3 is 1. The number of hydrogen-bond donors (Lipinski definition) is 1. The van der Waals surface area contributed by atoms with E-state index in [-0.39, 0.29) is 11.9 Å². The predicted octanol–water partition coefficient (Wildman–Crippen LogP) is 4.83. The Balaban J connectivity index is 1.50. The van der Waals surface area contributed by atoms with E-state index in [0.29, 0.717) is 18.9 Å². The van der Waals surface area contributed by atoms with E-state index in [1.165, 1.54) is 0 Å². The minimum Gasteiger partial charge on any atom is -0.496 e. The number of nitrogens with zero attached hydrogens (tertiary/aromatic N) is 3. The molecule has 4 rings (SSSR count). The molecule has 0 saturated carbocycles. The zero-order valence-electron chi connectivity index (χ0n) is 18.6. The Morgan fingerprint density at radius 1 is 1.10 bits per heavy atom. The lowest BCUT2D eigenvalue weighted by Crippen LogP contribution is -2.31. The Morgan fingerprint density at radius 3 is 2.61 bits per heavy atom. The zero-order valence-corrected chi connectivity index (χ0v) is 18.6. The largest absolute Gasteiger partial charge is 0.496 e. The first-order valence-electron chi connectivity index (χ1n) is 10.8. The number of carbonyl (C=O) groups is 1. The van der Waals surface area contributed by atoms with Gasteiger partial charge in [0.15, 0.2) is 0 Å². The third-order valence-electron chi connectivity index (χ3n) is 5.75. The highest BCUT2D eigenvalue weighted by molar-refractivity contribution is 5.86. The molecular weight excluding hydrogens is 388 g/mol. The SMILES string of the molecule is COc1cccc2c1ccn2CCC(=O)NC(CC(C)C)c1nc2ccccc2n1C. The van der Waals surface area contributed by atoms with E-state index in [4.69, 9.17) is 9.72 Å². The number of rotatable bonds is 8. The van der Waals surface area contributed by atoms with Gasteiger partial charge in [0.1, 0.15) is 11.6 Å². The first-order chi connectivity index (χ1) is 15.0. The fourth-order valence-corrected chi connectivity index (χ4v) is 4.23. The van der Waals surface area contributed by atoms with E-state index in [9.17, 15) is 4.79 Å². The number of imidazole rings is 1. The molecule has 31 heavy (non-hydrogen) atoms. The number of aryl methyl sites for hydroxylation is 2. The maximum absolute atomic E-state index is 12.9. The molecule has 0 radical (unpaired) electrons. The van der Waals surface area contributed by atoms with Gasteiger partial charge in [0.05, 0.1) is 29.7 Å². The average Bonchev–Trinajstić information content (AvgIpc) is 3.33. The van der Waals surface area contributed by atoms with Gasteiger partial charge in [-0.3, -0.25) is 4.79 Å². The Bertz CT molecular complexity index is 1200. The van der Waals surface area contributed by atoms with Crippen molar-refractivity contribution in [2.45, 2.75) is 39.3 Å². The van der Waals surface area contributed by atoms with Gasteiger partial charge in [-0.05, 0) is 42.7 Å². The number of para-hydroxylation sites is 2. The summed E-state index contributed by atoms with van der Waals surface area (Å²) in [5.41, 5.74) is 3.10. The number of carbonyl (C=O) groups excluding carboxylic acids is 1. The molecule has 1 unspecified atom stereocenters. The highest BCUT2D eigenvalue weighted by Crippen LogP contribution is 2.27. The van der Waals surface area contributed by atoms with Gasteiger partial charge < -0.3 is 19.2 Å². The van der Waals surface area contributed by atoms with Crippen LogP contribution in [-0.4, -0.2) is 27.1 Å². The smallest absolute Gasteiger partial charge is 0.222 e. The van der Waals surface area contributed by atoms with Crippen LogP contribution in [-0.2, 0) is 18.4 Å². The summed E-state index contributed by atoms with van der Waals surface area (Å²) in [5.74, 6) is 2.22. The summed E-state index contributed by atoms with van der Waals surface area (Å²) in [4.78, 5) is 17.7. The van der Waals surface area contributed by atoms with Crippen molar-refractivity contribution in [3.8, 4) is 5.75 Å². The van der Waals surface area contributed by atoms with Crippen molar-refractivity contribution < 1.29 is 9.53 Å². The van der Waals surface area contributed by atoms with Gasteiger partial charge >= 0.3 is 0 Å². The third kappa shape index (κ3) is 4.29. The second-order valence-electron chi connectivity index (χ2n) is 8.42. The number of nitrogens with one attached hydrogen (secondary N) is 1. The summed E-state index contributed by atoms with van der Waals surface area (Å²) in [6.45, 7) is 4.95. The minimum atomic E-state index is -0.119. The molecule has 2 heterocycles. The van der Waals surface area contributed by atoms with Crippen molar-refractivity contribution in [2.75, 3.05) is 7.11 Å². The highest BCUT2D eigenvalue weighted by atomic mass is 16.5. The highest BCUT2D eigenvalue weighted by Gasteiger charge is 2.22. The fourth-order valence-electron chi connectivity index (χ4n) is 4.23. The van der Waals surface area contributed by atoms with Crippen molar-refractivity contribution in [3.63, 3.8) is 0 Å². The fraction of sp³-hybridized carbons (Fsp3) is 0.360. The molecule has 0 bridgehead atoms. The van der Waals surface area contributed by atoms with Gasteiger partial charge in [0.2, 0.25) is 5.91 Å². The molecule has 0 saturated heterocycles. The van der Waals surface area contributed by atoms with Crippen LogP contribution in [0.15, 0.2) is 54.7 Å². The Labute approximate surface area is 182 Å². The lowest BCUT2D eigenvalue weighted by Gasteiger charge is -2.21. The summed E-state index contributed by atoms with van der Waals surface area (Å²) in [7, 11) is 3.69. The van der Waals surface area contributed by atoms with Gasteiger partial charge in [-0.15, -0.1) is 0 Å². The first kappa shape index (κ1) is 21.0. The van der Waals surface area contributed by atoms with Gasteiger partial charge in [-0.2, -0.15) is 0 Å². The van der Waals surface area contributed by atoms with Crippen molar-refractivity contribution in [3.05, 3.63) is 60.6 Å². The molecule has 0 aliphatic carbocycles. The molecule has 6 heteroatoms. The second-order valence-corrected chi connectivity index (χ2v) is 8.42. The van der Waals surface area contributed by atoms with Gasteiger partial charge in [-0.25, -0.2) is 4.98 Å². The maximum Gasteiger partial charge on any atom is 0.222 e. The second kappa shape index (κ2) is 8.84. The Hall–Kier alpha value is -3.28. The maximum atomic E-state index is 12.9. The van der Waals surface area contributed by atoms with E-state index in [0.717, 1.165) is 39.9 Å². The molecule has 162 valence electrons. The third-order valence-corrected chi connectivity index (χ3v) is 5.75. The summed E-state index contributed by atoms with van der Waals surface area (Å²) < 4.78 is 9.63. The molecular formula is C25H30N4O2. The summed E-state index contributed by atoms with van der Waals surface area (Å²) in [6.07, 6.45) is 3.25. The summed E-state index contributed by atoms with van der Waals surface area (Å²) in [5, 5.41) is 4.30. The van der Waals surface area contributed by atoms with Gasteiger partial charge in [-0.1, -0.05) is 32.0 Å². The minimum absolute atomic E-state index is 0.0300. The number of amides is 1. The van der Waals surface area contributed by atoms with E-state index >= 15 is 0 Å². The van der Waals surface area contributed by atoms with Crippen molar-refractivity contribution in [1.29, 1.82) is 0 Å². The van der Waals surface area contributed by atoms with Crippen LogP contribution in [0.4, 0.5) is 0 Å². The van der Waals surface area contributed by atoms with E-state index in [1.807, 2.05) is 49.6 Å². The Morgan fingerprint density at radius 2 is 1.87 bits per heavy atom. The molecule has 4 aromatic rings. The van der Waals surface area contributed by atoms with Gasteiger partial charge in [0, 0.05) is 31.6 Å². The lowest BCUT2D eigenvalue weighted by atomic mass is 10.0. The predicted molar refractivity (Wildman–Crippen MR) is 124 cm³/mol. The first-order valence-corrected chi connectivity index (χ1v) is 10.8. The molecule has 6 nitrogen and oxygen atoms in total. The normalized spacial score (nSPS) is 12.5. The van der Waals surface area contributed by atoms with Crippen molar-refractivity contribution in [1.82, 2.24) is 19.4 Å². The van der Waals surface area contributed by atoms with Crippen molar-refractivity contribution in [2.24, 2.45) is 13.0 Å². The number of fused-ring (bicyclic) bond motifs is 2. The number of ether oxygens (including phenoxy) is 1. The molecule has 0 spiro atoms. The molecule has 1 N–H and O–H groups in total. The summed E-state index contributed by atoms with van der Waals surface area (Å²) in [6, 6.07) is 16.0. The molecule has 0 fully saturated rings. The quantitative estimate of drug-likeness (QED) is 0.446. The van der Waals surface area contributed by atoms with E-state index < -0.39 is 0 Å². The number of hydrogen-bond acceptors (Lipinski definition) is 3. The van der Waals surface area contributed by atoms with Crippen LogP contribution in [0.2, 0.25) is 0 Å². The van der Waals surface area contributed by atoms with Crippen molar-refractivity contribution >= 4 is 27.8 Å². The van der Waals surface area contributed by atoms with E-state index in [1.54, 1.807) is 7.11 Å². The Kier molecular flexibility index (Phi) is 5.98. The van der Waals surface area contributed by atoms with Gasteiger partial charge in [0.25, 0.3) is 0 Å². The van der Waals surface area contributed by atoms with Crippen LogP contribution in [0, 0.1) is 5.92 Å². The monoisotopic (exact) mass is 418 g/mol. The van der Waals surface area contributed by atoms with Crippen LogP contribution in [0.5, 0.6) is 5.75 Å². The average molecular weight is 419 g/mol. The van der Waals surface area contributed by atoms with Crippen LogP contribution >= 0.6 is 0 Å². The zero-order chi connectivity index (χ0) is 22.0. The molecule has 2 aromatic carbocycles. The van der Waals surface area contributed by atoms with Crippen LogP contribution < -0.4 is 10.1 Å². The van der Waals surface area contributed by atoms with E-state index in [2.05, 4.69) is 40.4 Å². The van der Waals surface area contributed by atoms with Crippen LogP contribution in [0.1, 0.15) is 38.6 Å². The topological polar surface area (TPSA) is 61.1 Å².